The minimum absolute atomic E-state index is 0.00786. The minimum atomic E-state index is -0.512. The molecule has 4 rings (SSSR count). The predicted octanol–water partition coefficient (Wildman–Crippen LogP) is 4.05. The fourth-order valence-electron chi connectivity index (χ4n) is 3.75. The van der Waals surface area contributed by atoms with E-state index in [1.165, 1.54) is 0 Å². The first-order valence-corrected chi connectivity index (χ1v) is 11.9. The van der Waals surface area contributed by atoms with Gasteiger partial charge in [0.05, 0.1) is 23.6 Å². The van der Waals surface area contributed by atoms with Crippen LogP contribution in [0.4, 0.5) is 16.4 Å². The van der Waals surface area contributed by atoms with Gasteiger partial charge in [0.2, 0.25) is 5.95 Å². The molecule has 0 radical (unpaired) electrons. The Kier molecular flexibility index (Phi) is 7.47. The molecule has 4 heterocycles. The number of anilines is 2. The number of likely N-dealkylation sites (tertiary alicyclic amines) is 1. The first-order chi connectivity index (χ1) is 17.2. The van der Waals surface area contributed by atoms with Crippen LogP contribution in [-0.4, -0.2) is 60.4 Å². The van der Waals surface area contributed by atoms with Crippen LogP contribution in [0.1, 0.15) is 61.4 Å². The molecular weight excluding hydrogens is 462 g/mol. The Balaban J connectivity index is 1.32. The van der Waals surface area contributed by atoms with Gasteiger partial charge in [0.15, 0.2) is 0 Å². The summed E-state index contributed by atoms with van der Waals surface area (Å²) in [7, 11) is 0. The van der Waals surface area contributed by atoms with Gasteiger partial charge in [-0.15, -0.1) is 0 Å². The van der Waals surface area contributed by atoms with Gasteiger partial charge in [-0.2, -0.15) is 5.10 Å². The van der Waals surface area contributed by atoms with E-state index in [9.17, 15) is 9.59 Å². The molecule has 1 aliphatic heterocycles. The van der Waals surface area contributed by atoms with Gasteiger partial charge in [0.1, 0.15) is 17.9 Å². The second kappa shape index (κ2) is 10.7. The van der Waals surface area contributed by atoms with Crippen molar-refractivity contribution in [2.75, 3.05) is 18.4 Å². The first-order valence-electron chi connectivity index (χ1n) is 11.9. The minimum Gasteiger partial charge on any atom is -0.454 e. The van der Waals surface area contributed by atoms with Crippen molar-refractivity contribution in [3.05, 3.63) is 59.9 Å². The Hall–Kier alpha value is -4.02. The van der Waals surface area contributed by atoms with Gasteiger partial charge < -0.3 is 19.7 Å². The Morgan fingerprint density at radius 2 is 1.92 bits per heavy atom. The standard InChI is InChI=1S/C25H31N7O4/c1-17-13-27-23(30-21(17)16-35-22(33)20-7-5-6-10-26-20)29-18-14-28-32(15-18)19-8-11-31(12-9-19)24(34)36-25(2,3)4/h5-7,10,13-15,19H,8-9,11-12,16H2,1-4H3,(H,27,29,30). The molecule has 1 amide bonds. The lowest BCUT2D eigenvalue weighted by Crippen LogP contribution is -2.42. The maximum atomic E-state index is 12.3. The topological polar surface area (TPSA) is 124 Å². The summed E-state index contributed by atoms with van der Waals surface area (Å²) in [4.78, 5) is 39.1. The summed E-state index contributed by atoms with van der Waals surface area (Å²) >= 11 is 0. The maximum Gasteiger partial charge on any atom is 0.410 e. The van der Waals surface area contributed by atoms with Crippen molar-refractivity contribution in [2.24, 2.45) is 0 Å². The number of carbonyl (C=O) groups is 2. The summed E-state index contributed by atoms with van der Waals surface area (Å²) in [5.41, 5.74) is 1.88. The van der Waals surface area contributed by atoms with Crippen molar-refractivity contribution in [2.45, 2.75) is 58.8 Å². The molecule has 1 fully saturated rings. The summed E-state index contributed by atoms with van der Waals surface area (Å²) in [6, 6.07) is 5.24. The lowest BCUT2D eigenvalue weighted by atomic mass is 10.1. The number of pyridine rings is 1. The van der Waals surface area contributed by atoms with Crippen molar-refractivity contribution in [3.8, 4) is 0 Å². The van der Waals surface area contributed by atoms with Gasteiger partial charge in [-0.3, -0.25) is 4.68 Å². The summed E-state index contributed by atoms with van der Waals surface area (Å²) < 4.78 is 12.7. The van der Waals surface area contributed by atoms with Crippen molar-refractivity contribution >= 4 is 23.7 Å². The van der Waals surface area contributed by atoms with E-state index in [-0.39, 0.29) is 24.4 Å². The number of nitrogens with zero attached hydrogens (tertiary/aromatic N) is 6. The average Bonchev–Trinajstić information content (AvgIpc) is 3.32. The smallest absolute Gasteiger partial charge is 0.410 e. The predicted molar refractivity (Wildman–Crippen MR) is 132 cm³/mol. The fourth-order valence-corrected chi connectivity index (χ4v) is 3.75. The molecule has 3 aromatic rings. The number of amides is 1. The number of ether oxygens (including phenoxy) is 2. The molecule has 0 unspecified atom stereocenters. The molecule has 11 heteroatoms. The quantitative estimate of drug-likeness (QED) is 0.506. The van der Waals surface area contributed by atoms with Gasteiger partial charge in [-0.05, 0) is 58.2 Å². The highest BCUT2D eigenvalue weighted by molar-refractivity contribution is 5.87. The molecule has 11 nitrogen and oxygen atoms in total. The summed E-state index contributed by atoms with van der Waals surface area (Å²) in [6.07, 6.45) is 8.12. The SMILES string of the molecule is Cc1cnc(Nc2cnn(C3CCN(C(=O)OC(C)(C)C)CC3)c2)nc1COC(=O)c1ccccn1. The number of carbonyl (C=O) groups excluding carboxylic acids is 2. The molecule has 0 aromatic carbocycles. The van der Waals surface area contributed by atoms with Gasteiger partial charge >= 0.3 is 12.1 Å². The zero-order chi connectivity index (χ0) is 25.7. The van der Waals surface area contributed by atoms with Crippen LogP contribution >= 0.6 is 0 Å². The normalized spacial score (nSPS) is 14.4. The maximum absolute atomic E-state index is 12.3. The zero-order valence-corrected chi connectivity index (χ0v) is 21.0. The molecule has 3 aromatic heterocycles. The van der Waals surface area contributed by atoms with Crippen LogP contribution in [0.5, 0.6) is 0 Å². The van der Waals surface area contributed by atoms with Crippen molar-refractivity contribution in [1.82, 2.24) is 29.6 Å². The van der Waals surface area contributed by atoms with E-state index in [0.29, 0.717) is 24.7 Å². The Bertz CT molecular complexity index is 1200. The van der Waals surface area contributed by atoms with Crippen LogP contribution in [0.3, 0.4) is 0 Å². The molecule has 0 saturated carbocycles. The molecule has 0 atom stereocenters. The molecule has 1 N–H and O–H groups in total. The molecule has 190 valence electrons. The lowest BCUT2D eigenvalue weighted by Gasteiger charge is -2.33. The average molecular weight is 494 g/mol. The molecule has 0 aliphatic carbocycles. The second-order valence-corrected chi connectivity index (χ2v) is 9.65. The third kappa shape index (κ3) is 6.55. The van der Waals surface area contributed by atoms with Crippen LogP contribution in [0.15, 0.2) is 43.0 Å². The number of hydrogen-bond donors (Lipinski definition) is 1. The van der Waals surface area contributed by atoms with Crippen molar-refractivity contribution in [3.63, 3.8) is 0 Å². The van der Waals surface area contributed by atoms with Crippen molar-refractivity contribution in [1.29, 1.82) is 0 Å². The number of piperidine rings is 1. The number of esters is 1. The Labute approximate surface area is 209 Å². The summed E-state index contributed by atoms with van der Waals surface area (Å²) in [5.74, 6) is -0.133. The molecule has 1 aliphatic rings. The second-order valence-electron chi connectivity index (χ2n) is 9.65. The number of aromatic nitrogens is 5. The highest BCUT2D eigenvalue weighted by Gasteiger charge is 2.28. The molecular formula is C25H31N7O4. The molecule has 1 saturated heterocycles. The van der Waals surface area contributed by atoms with Crippen LogP contribution in [0, 0.1) is 6.92 Å². The Morgan fingerprint density at radius 1 is 1.14 bits per heavy atom. The highest BCUT2D eigenvalue weighted by atomic mass is 16.6. The van der Waals surface area contributed by atoms with E-state index in [2.05, 4.69) is 25.4 Å². The van der Waals surface area contributed by atoms with E-state index < -0.39 is 11.6 Å². The van der Waals surface area contributed by atoms with Crippen LogP contribution in [0.2, 0.25) is 0 Å². The summed E-state index contributed by atoms with van der Waals surface area (Å²) in [6.45, 7) is 8.69. The van der Waals surface area contributed by atoms with E-state index in [4.69, 9.17) is 9.47 Å². The third-order valence-electron chi connectivity index (χ3n) is 5.64. The number of rotatable bonds is 6. The zero-order valence-electron chi connectivity index (χ0n) is 21.0. The largest absolute Gasteiger partial charge is 0.454 e. The molecule has 0 spiro atoms. The third-order valence-corrected chi connectivity index (χ3v) is 5.64. The molecule has 36 heavy (non-hydrogen) atoms. The Morgan fingerprint density at radius 3 is 2.61 bits per heavy atom. The monoisotopic (exact) mass is 493 g/mol. The van der Waals surface area contributed by atoms with Gasteiger partial charge in [0.25, 0.3) is 0 Å². The summed E-state index contributed by atoms with van der Waals surface area (Å²) in [5, 5.41) is 7.65. The van der Waals surface area contributed by atoms with Crippen molar-refractivity contribution < 1.29 is 19.1 Å². The first kappa shape index (κ1) is 25.1. The van der Waals surface area contributed by atoms with Gasteiger partial charge in [-0.25, -0.2) is 24.5 Å². The van der Waals surface area contributed by atoms with Gasteiger partial charge in [0, 0.05) is 31.7 Å². The van der Waals surface area contributed by atoms with Crippen LogP contribution < -0.4 is 5.32 Å². The van der Waals surface area contributed by atoms with E-state index in [1.54, 1.807) is 41.7 Å². The number of nitrogens with one attached hydrogen (secondary N) is 1. The van der Waals surface area contributed by atoms with Crippen LogP contribution in [-0.2, 0) is 16.1 Å². The number of hydrogen-bond acceptors (Lipinski definition) is 9. The van der Waals surface area contributed by atoms with E-state index in [1.807, 2.05) is 38.6 Å². The van der Waals surface area contributed by atoms with E-state index in [0.717, 1.165) is 24.1 Å². The van der Waals surface area contributed by atoms with E-state index >= 15 is 0 Å². The molecule has 0 bridgehead atoms. The van der Waals surface area contributed by atoms with Crippen LogP contribution in [0.25, 0.3) is 0 Å². The lowest BCUT2D eigenvalue weighted by molar-refractivity contribution is 0.0184. The van der Waals surface area contributed by atoms with Gasteiger partial charge in [-0.1, -0.05) is 6.07 Å². The fraction of sp³-hybridized carbons (Fsp3) is 0.440. The highest BCUT2D eigenvalue weighted by Crippen LogP contribution is 2.25. The number of aryl methyl sites for hydroxylation is 1.